The molecule has 3 aromatic rings. The second-order valence-electron chi connectivity index (χ2n) is 9.25. The van der Waals surface area contributed by atoms with E-state index in [0.29, 0.717) is 13.0 Å². The van der Waals surface area contributed by atoms with E-state index in [1.54, 1.807) is 4.90 Å². The molecule has 2 aliphatic rings. The summed E-state index contributed by atoms with van der Waals surface area (Å²) in [4.78, 5) is 41.9. The van der Waals surface area contributed by atoms with Crippen LogP contribution < -0.4 is 20.5 Å². The minimum atomic E-state index is -0.812. The maximum absolute atomic E-state index is 14.1. The van der Waals surface area contributed by atoms with Crippen LogP contribution in [0, 0.1) is 11.6 Å². The van der Waals surface area contributed by atoms with Gasteiger partial charge in [0.1, 0.15) is 30.5 Å². The lowest BCUT2D eigenvalue weighted by molar-refractivity contribution is 0.0691. The highest BCUT2D eigenvalue weighted by Crippen LogP contribution is 2.26. The summed E-state index contributed by atoms with van der Waals surface area (Å²) in [5, 5.41) is 4.42. The third-order valence-electron chi connectivity index (χ3n) is 6.63. The molecule has 0 saturated carbocycles. The van der Waals surface area contributed by atoms with Crippen LogP contribution in [0.1, 0.15) is 45.3 Å². The number of halogens is 2. The van der Waals surface area contributed by atoms with Crippen molar-refractivity contribution in [1.82, 2.24) is 14.9 Å². The van der Waals surface area contributed by atoms with Crippen LogP contribution in [0.4, 0.5) is 8.78 Å². The Morgan fingerprint density at radius 2 is 1.89 bits per heavy atom. The number of carbonyl (C=O) groups excluding carboxylic acids is 2. The van der Waals surface area contributed by atoms with Crippen LogP contribution in [0.15, 0.2) is 71.7 Å². The first-order valence-electron chi connectivity index (χ1n) is 12.2. The van der Waals surface area contributed by atoms with Gasteiger partial charge in [-0.2, -0.15) is 0 Å². The highest BCUT2D eigenvalue weighted by molar-refractivity contribution is 5.99. The number of amides is 2. The van der Waals surface area contributed by atoms with E-state index in [0.717, 1.165) is 17.7 Å². The summed E-state index contributed by atoms with van der Waals surface area (Å²) in [6.45, 7) is 2.37. The molecule has 1 aromatic heterocycles. The number of rotatable bonds is 6. The molecule has 10 heteroatoms. The average Bonchev–Trinajstić information content (AvgIpc) is 2.90. The fourth-order valence-corrected chi connectivity index (χ4v) is 4.50. The SMILES string of the molecule is C[C@H]1CC=CCN2CN1n1cc(C(=O)NCc3ccc(F)cc3F)c(=O)c(OCc3ccccc3)c1C2=O. The Labute approximate surface area is 217 Å². The molecule has 8 nitrogen and oxygen atoms in total. The zero-order valence-electron chi connectivity index (χ0n) is 20.7. The van der Waals surface area contributed by atoms with E-state index < -0.39 is 23.0 Å². The van der Waals surface area contributed by atoms with E-state index in [1.165, 1.54) is 16.9 Å². The van der Waals surface area contributed by atoms with Crippen LogP contribution in [-0.4, -0.2) is 40.6 Å². The van der Waals surface area contributed by atoms with Crippen LogP contribution in [-0.2, 0) is 13.2 Å². The van der Waals surface area contributed by atoms with Crippen LogP contribution in [0.25, 0.3) is 0 Å². The number of pyridine rings is 1. The molecule has 38 heavy (non-hydrogen) atoms. The van der Waals surface area contributed by atoms with E-state index in [2.05, 4.69) is 5.32 Å². The molecule has 0 unspecified atom stereocenters. The number of nitrogens with zero attached hydrogens (tertiary/aromatic N) is 3. The zero-order chi connectivity index (χ0) is 26.8. The predicted octanol–water partition coefficient (Wildman–Crippen LogP) is 3.34. The van der Waals surface area contributed by atoms with E-state index >= 15 is 0 Å². The molecule has 5 rings (SSSR count). The first kappa shape index (κ1) is 25.2. The van der Waals surface area contributed by atoms with E-state index in [-0.39, 0.29) is 54.3 Å². The molecular weight excluding hydrogens is 494 g/mol. The molecular formula is C28H26F2N4O4. The monoisotopic (exact) mass is 520 g/mol. The number of aromatic nitrogens is 1. The van der Waals surface area contributed by atoms with Gasteiger partial charge in [-0.05, 0) is 25.0 Å². The van der Waals surface area contributed by atoms with Gasteiger partial charge < -0.3 is 15.0 Å². The fourth-order valence-electron chi connectivity index (χ4n) is 4.50. The van der Waals surface area contributed by atoms with Crippen molar-refractivity contribution in [3.63, 3.8) is 0 Å². The molecule has 196 valence electrons. The Kier molecular flexibility index (Phi) is 6.95. The quantitative estimate of drug-likeness (QED) is 0.504. The molecule has 2 bridgehead atoms. The Hall–Kier alpha value is -4.47. The lowest BCUT2D eigenvalue weighted by atomic mass is 10.1. The van der Waals surface area contributed by atoms with Gasteiger partial charge in [0.25, 0.3) is 11.8 Å². The second kappa shape index (κ2) is 10.5. The predicted molar refractivity (Wildman–Crippen MR) is 136 cm³/mol. The van der Waals surface area contributed by atoms with Crippen molar-refractivity contribution in [2.75, 3.05) is 18.2 Å². The van der Waals surface area contributed by atoms with Crippen molar-refractivity contribution in [3.05, 3.63) is 111 Å². The van der Waals surface area contributed by atoms with Crippen LogP contribution in [0.2, 0.25) is 0 Å². The van der Waals surface area contributed by atoms with Gasteiger partial charge in [0, 0.05) is 37.0 Å². The van der Waals surface area contributed by atoms with E-state index in [1.807, 2.05) is 54.4 Å². The van der Waals surface area contributed by atoms with Gasteiger partial charge in [-0.15, -0.1) is 0 Å². The first-order valence-corrected chi connectivity index (χ1v) is 12.2. The molecule has 0 fully saturated rings. The van der Waals surface area contributed by atoms with Gasteiger partial charge in [0.05, 0.1) is 0 Å². The average molecular weight is 521 g/mol. The third kappa shape index (κ3) is 4.89. The molecule has 0 radical (unpaired) electrons. The van der Waals surface area contributed by atoms with Gasteiger partial charge >= 0.3 is 0 Å². The molecule has 3 heterocycles. The molecule has 2 aliphatic heterocycles. The zero-order valence-corrected chi connectivity index (χ0v) is 20.7. The number of hydrogen-bond acceptors (Lipinski definition) is 5. The number of benzene rings is 2. The van der Waals surface area contributed by atoms with Crippen molar-refractivity contribution in [1.29, 1.82) is 0 Å². The van der Waals surface area contributed by atoms with Gasteiger partial charge in [-0.25, -0.2) is 8.78 Å². The first-order chi connectivity index (χ1) is 18.3. The lowest BCUT2D eigenvalue weighted by Gasteiger charge is -2.43. The summed E-state index contributed by atoms with van der Waals surface area (Å²) in [6, 6.07) is 12.1. The number of nitrogens with one attached hydrogen (secondary N) is 1. The van der Waals surface area contributed by atoms with Crippen LogP contribution in [0.5, 0.6) is 5.75 Å². The standard InChI is InChI=1S/C28H26F2N4O4/c1-18-7-5-6-12-32-17-34(18)33-15-22(27(36)31-14-20-10-11-21(29)13-23(20)30)25(35)26(24(33)28(32)37)38-16-19-8-3-2-4-9-19/h2-6,8-11,13,15,18H,7,12,14,16-17H2,1H3,(H,31,36)/t18-/m0/s1. The van der Waals surface area contributed by atoms with Crippen molar-refractivity contribution in [2.45, 2.75) is 32.5 Å². The maximum Gasteiger partial charge on any atom is 0.278 e. The second-order valence-corrected chi connectivity index (χ2v) is 9.25. The third-order valence-corrected chi connectivity index (χ3v) is 6.63. The Morgan fingerprint density at radius 3 is 2.66 bits per heavy atom. The minimum absolute atomic E-state index is 0.0116. The highest BCUT2D eigenvalue weighted by atomic mass is 19.1. The largest absolute Gasteiger partial charge is 0.482 e. The summed E-state index contributed by atoms with van der Waals surface area (Å²) >= 11 is 0. The number of ether oxygens (including phenoxy) is 1. The summed E-state index contributed by atoms with van der Waals surface area (Å²) in [6.07, 6.45) is 5.93. The topological polar surface area (TPSA) is 83.9 Å². The summed E-state index contributed by atoms with van der Waals surface area (Å²) < 4.78 is 34.8. The maximum atomic E-state index is 14.1. The number of fused-ring (bicyclic) bond motifs is 4. The van der Waals surface area contributed by atoms with Crippen molar-refractivity contribution in [2.24, 2.45) is 0 Å². The smallest absolute Gasteiger partial charge is 0.278 e. The molecule has 2 amide bonds. The summed E-state index contributed by atoms with van der Waals surface area (Å²) in [5.41, 5.74) is -0.124. The Bertz CT molecular complexity index is 1470. The Morgan fingerprint density at radius 1 is 1.11 bits per heavy atom. The van der Waals surface area contributed by atoms with Gasteiger partial charge in [0.2, 0.25) is 5.43 Å². The van der Waals surface area contributed by atoms with Crippen molar-refractivity contribution < 1.29 is 23.1 Å². The highest BCUT2D eigenvalue weighted by Gasteiger charge is 2.36. The van der Waals surface area contributed by atoms with Gasteiger partial charge in [-0.1, -0.05) is 48.6 Å². The molecule has 0 spiro atoms. The van der Waals surface area contributed by atoms with Gasteiger partial charge in [-0.3, -0.25) is 24.1 Å². The normalized spacial score (nSPS) is 16.5. The summed E-state index contributed by atoms with van der Waals surface area (Å²) in [5.74, 6) is -2.94. The van der Waals surface area contributed by atoms with Crippen LogP contribution in [0.3, 0.4) is 0 Å². The van der Waals surface area contributed by atoms with Gasteiger partial charge in [0.15, 0.2) is 11.4 Å². The van der Waals surface area contributed by atoms with Crippen LogP contribution >= 0.6 is 0 Å². The van der Waals surface area contributed by atoms with Crippen molar-refractivity contribution >= 4 is 11.8 Å². The molecule has 0 saturated heterocycles. The van der Waals surface area contributed by atoms with Crippen molar-refractivity contribution in [3.8, 4) is 5.75 Å². The fraction of sp³-hybridized carbons (Fsp3) is 0.250. The lowest BCUT2D eigenvalue weighted by Crippen LogP contribution is -2.58. The number of carbonyl (C=O) groups is 2. The molecule has 2 aromatic carbocycles. The molecule has 1 atom stereocenters. The van der Waals surface area contributed by atoms with E-state index in [9.17, 15) is 23.2 Å². The van der Waals surface area contributed by atoms with E-state index in [4.69, 9.17) is 4.74 Å². The number of hydrogen-bond donors (Lipinski definition) is 1. The Balaban J connectivity index is 1.55. The summed E-state index contributed by atoms with van der Waals surface area (Å²) in [7, 11) is 0. The molecule has 1 N–H and O–H groups in total. The molecule has 0 aliphatic carbocycles. The minimum Gasteiger partial charge on any atom is -0.482 e.